The number of carbonyl (C=O) groups is 2. The summed E-state index contributed by atoms with van der Waals surface area (Å²) < 4.78 is 0. The highest BCUT2D eigenvalue weighted by atomic mass is 16.2. The number of hydrogen-bond acceptors (Lipinski definition) is 3. The van der Waals surface area contributed by atoms with Gasteiger partial charge in [-0.2, -0.15) is 0 Å². The molecule has 8 nitrogen and oxygen atoms in total. The number of hydrogen-bond donors (Lipinski definition) is 3. The third kappa shape index (κ3) is 6.70. The zero-order chi connectivity index (χ0) is 31.2. The average Bonchev–Trinajstić information content (AvgIpc) is 3.30. The van der Waals surface area contributed by atoms with Crippen LogP contribution in [0, 0.1) is 5.41 Å². The Morgan fingerprint density at radius 3 is 2.00 bits per heavy atom. The van der Waals surface area contributed by atoms with E-state index < -0.39 is 6.04 Å². The number of carbonyl (C=O) groups excluding carboxylic acids is 2. The Kier molecular flexibility index (Phi) is 9.10. The van der Waals surface area contributed by atoms with Crippen molar-refractivity contribution in [3.8, 4) is 11.1 Å². The van der Waals surface area contributed by atoms with Gasteiger partial charge in [-0.3, -0.25) is 10.2 Å². The fourth-order valence-electron chi connectivity index (χ4n) is 6.71. The van der Waals surface area contributed by atoms with Crippen LogP contribution in [0.4, 0.5) is 4.79 Å². The quantitative estimate of drug-likeness (QED) is 0.125. The van der Waals surface area contributed by atoms with Crippen molar-refractivity contribution in [2.75, 3.05) is 19.6 Å². The van der Waals surface area contributed by atoms with Crippen molar-refractivity contribution >= 4 is 17.9 Å². The van der Waals surface area contributed by atoms with Gasteiger partial charge in [0, 0.05) is 26.2 Å². The van der Waals surface area contributed by atoms with E-state index in [4.69, 9.17) is 11.1 Å². The summed E-state index contributed by atoms with van der Waals surface area (Å²) in [6, 6.07) is 37.8. The van der Waals surface area contributed by atoms with Gasteiger partial charge in [-0.15, -0.1) is 0 Å². The van der Waals surface area contributed by atoms with E-state index in [2.05, 4.69) is 66.0 Å². The van der Waals surface area contributed by atoms with Gasteiger partial charge in [0.25, 0.3) is 0 Å². The van der Waals surface area contributed by atoms with Gasteiger partial charge in [-0.05, 0) is 47.1 Å². The number of nitrogens with zero attached hydrogens (tertiary/aromatic N) is 3. The van der Waals surface area contributed by atoms with Gasteiger partial charge < -0.3 is 25.8 Å². The topological polar surface area (TPSA) is 106 Å². The van der Waals surface area contributed by atoms with E-state index in [9.17, 15) is 9.59 Å². The molecule has 230 valence electrons. The van der Waals surface area contributed by atoms with Gasteiger partial charge in [0.15, 0.2) is 5.96 Å². The molecule has 2 atom stereocenters. The molecule has 8 heteroatoms. The van der Waals surface area contributed by atoms with Crippen molar-refractivity contribution < 1.29 is 9.59 Å². The summed E-state index contributed by atoms with van der Waals surface area (Å²) >= 11 is 0. The van der Waals surface area contributed by atoms with E-state index in [0.717, 1.165) is 27.8 Å². The highest BCUT2D eigenvalue weighted by Crippen LogP contribution is 2.36. The first kappa shape index (κ1) is 29.9. The Bertz CT molecular complexity index is 1560. The number of urea groups is 1. The average molecular weight is 601 g/mol. The smallest absolute Gasteiger partial charge is 0.321 e. The maximum atomic E-state index is 14.6. The second-order valence-electron chi connectivity index (χ2n) is 11.8. The summed E-state index contributed by atoms with van der Waals surface area (Å²) in [7, 11) is 0. The molecule has 6 rings (SSSR count). The maximum absolute atomic E-state index is 14.6. The lowest BCUT2D eigenvalue weighted by molar-refractivity contribution is -0.136. The number of nitrogens with one attached hydrogen (secondary N) is 2. The van der Waals surface area contributed by atoms with Crippen LogP contribution in [0.15, 0.2) is 115 Å². The number of benzene rings is 4. The molecule has 0 aromatic heterocycles. The SMILES string of the molecule is N=C(N)NCCC[C@H]1C(=O)N(C(c2ccccc2)c2ccccc2)CC[C@@H]2CN(Cc3ccc(-c4ccccc4)cc3)C(=O)N21. The van der Waals surface area contributed by atoms with Crippen molar-refractivity contribution in [1.82, 2.24) is 20.0 Å². The fraction of sp³-hybridized carbons (Fsp3) is 0.270. The van der Waals surface area contributed by atoms with Crippen LogP contribution in [0.5, 0.6) is 0 Å². The van der Waals surface area contributed by atoms with Crippen LogP contribution in [0.2, 0.25) is 0 Å². The van der Waals surface area contributed by atoms with Crippen molar-refractivity contribution in [2.24, 2.45) is 5.73 Å². The standard InChI is InChI=1S/C37H40N6O2/c38-36(39)40-23-10-17-33-35(44)42(34(30-13-6-2-7-14-30)31-15-8-3-9-16-31)24-22-32-26-41(37(45)43(32)33)25-27-18-20-29(21-19-27)28-11-4-1-5-12-28/h1-9,11-16,18-21,32-34H,10,17,22-26H2,(H4,38,39,40)/t32-,33+/m1/s1. The van der Waals surface area contributed by atoms with E-state index in [1.54, 1.807) is 0 Å². The second-order valence-corrected chi connectivity index (χ2v) is 11.8. The highest BCUT2D eigenvalue weighted by Gasteiger charge is 2.48. The van der Waals surface area contributed by atoms with Gasteiger partial charge in [-0.1, -0.05) is 115 Å². The molecule has 2 heterocycles. The maximum Gasteiger partial charge on any atom is 0.321 e. The van der Waals surface area contributed by atoms with Crippen LogP contribution in [-0.2, 0) is 11.3 Å². The molecule has 0 unspecified atom stereocenters. The zero-order valence-electron chi connectivity index (χ0n) is 25.4. The third-order valence-corrected chi connectivity index (χ3v) is 8.87. The number of nitrogens with two attached hydrogens (primary N) is 1. The van der Waals surface area contributed by atoms with Crippen molar-refractivity contribution in [3.05, 3.63) is 132 Å². The lowest BCUT2D eigenvalue weighted by atomic mass is 9.95. The van der Waals surface area contributed by atoms with Crippen LogP contribution in [0.3, 0.4) is 0 Å². The van der Waals surface area contributed by atoms with E-state index in [0.29, 0.717) is 45.4 Å². The molecule has 0 bridgehead atoms. The molecule has 2 aliphatic rings. The van der Waals surface area contributed by atoms with E-state index >= 15 is 0 Å². The second kappa shape index (κ2) is 13.7. The largest absolute Gasteiger partial charge is 0.370 e. The molecule has 45 heavy (non-hydrogen) atoms. The molecule has 4 aromatic rings. The Balaban J connectivity index is 1.26. The summed E-state index contributed by atoms with van der Waals surface area (Å²) in [6.45, 7) is 2.08. The van der Waals surface area contributed by atoms with E-state index in [1.807, 2.05) is 69.3 Å². The first-order chi connectivity index (χ1) is 22.0. The van der Waals surface area contributed by atoms with Crippen LogP contribution in [0.25, 0.3) is 11.1 Å². The molecular weight excluding hydrogens is 560 g/mol. The molecule has 2 saturated heterocycles. The Hall–Kier alpha value is -5.11. The predicted molar refractivity (Wildman–Crippen MR) is 177 cm³/mol. The molecule has 3 amide bonds. The van der Waals surface area contributed by atoms with Crippen LogP contribution < -0.4 is 11.1 Å². The minimum Gasteiger partial charge on any atom is -0.370 e. The van der Waals surface area contributed by atoms with Gasteiger partial charge in [0.2, 0.25) is 5.91 Å². The summed E-state index contributed by atoms with van der Waals surface area (Å²) in [5.74, 6) is -0.142. The summed E-state index contributed by atoms with van der Waals surface area (Å²) in [4.78, 5) is 34.4. The van der Waals surface area contributed by atoms with Gasteiger partial charge in [0.1, 0.15) is 6.04 Å². The van der Waals surface area contributed by atoms with Crippen LogP contribution in [0.1, 0.15) is 42.0 Å². The van der Waals surface area contributed by atoms with Crippen LogP contribution >= 0.6 is 0 Å². The predicted octanol–water partition coefficient (Wildman–Crippen LogP) is 5.61. The first-order valence-corrected chi connectivity index (χ1v) is 15.7. The normalized spacial score (nSPS) is 18.2. The summed E-state index contributed by atoms with van der Waals surface area (Å²) in [5.41, 5.74) is 11.0. The molecule has 2 aliphatic heterocycles. The van der Waals surface area contributed by atoms with E-state index in [1.165, 1.54) is 0 Å². The number of fused-ring (bicyclic) bond motifs is 1. The number of amides is 3. The molecule has 4 aromatic carbocycles. The molecule has 0 radical (unpaired) electrons. The van der Waals surface area contributed by atoms with Gasteiger partial charge >= 0.3 is 6.03 Å². The molecule has 0 spiro atoms. The Morgan fingerprint density at radius 2 is 1.40 bits per heavy atom. The lowest BCUT2D eigenvalue weighted by Crippen LogP contribution is -2.50. The van der Waals surface area contributed by atoms with Gasteiger partial charge in [0.05, 0.1) is 12.1 Å². The number of guanidine groups is 1. The highest BCUT2D eigenvalue weighted by molar-refractivity contribution is 5.89. The minimum atomic E-state index is -0.612. The third-order valence-electron chi connectivity index (χ3n) is 8.87. The Morgan fingerprint density at radius 1 is 0.822 bits per heavy atom. The summed E-state index contributed by atoms with van der Waals surface area (Å²) in [5, 5.41) is 10.4. The molecule has 2 fully saturated rings. The lowest BCUT2D eigenvalue weighted by Gasteiger charge is -2.35. The molecule has 0 aliphatic carbocycles. The first-order valence-electron chi connectivity index (χ1n) is 15.7. The molecule has 4 N–H and O–H groups in total. The Labute approximate surface area is 265 Å². The van der Waals surface area contributed by atoms with Crippen molar-refractivity contribution in [3.63, 3.8) is 0 Å². The van der Waals surface area contributed by atoms with Crippen molar-refractivity contribution in [1.29, 1.82) is 5.41 Å². The molecule has 0 saturated carbocycles. The monoisotopic (exact) mass is 600 g/mol. The van der Waals surface area contributed by atoms with E-state index in [-0.39, 0.29) is 30.0 Å². The zero-order valence-corrected chi connectivity index (χ0v) is 25.4. The summed E-state index contributed by atoms with van der Waals surface area (Å²) in [6.07, 6.45) is 1.77. The van der Waals surface area contributed by atoms with Crippen molar-refractivity contribution in [2.45, 2.75) is 43.9 Å². The minimum absolute atomic E-state index is 0.0413. The van der Waals surface area contributed by atoms with Crippen LogP contribution in [-0.4, -0.2) is 64.3 Å². The molecular formula is C37H40N6O2. The van der Waals surface area contributed by atoms with Gasteiger partial charge in [-0.25, -0.2) is 4.79 Å². The number of rotatable bonds is 10. The fourth-order valence-corrected chi connectivity index (χ4v) is 6.71.